The zero-order valence-corrected chi connectivity index (χ0v) is 15.1. The molecule has 5 rings (SSSR count). The van der Waals surface area contributed by atoms with Crippen LogP contribution in [0.1, 0.15) is 40.8 Å². The number of rotatable bonds is 5. The van der Waals surface area contributed by atoms with Gasteiger partial charge >= 0.3 is 0 Å². The fourth-order valence-electron chi connectivity index (χ4n) is 3.53. The van der Waals surface area contributed by atoms with Crippen LogP contribution in [-0.2, 0) is 13.5 Å². The Morgan fingerprint density at radius 1 is 1.19 bits per heavy atom. The third-order valence-electron chi connectivity index (χ3n) is 5.16. The number of aromatic nitrogens is 5. The molecule has 1 N–H and O–H groups in total. The number of imidazole rings is 1. The van der Waals surface area contributed by atoms with E-state index in [1.807, 2.05) is 48.0 Å². The second kappa shape index (κ2) is 6.19. The fourth-order valence-corrected chi connectivity index (χ4v) is 3.53. The van der Waals surface area contributed by atoms with Gasteiger partial charge in [0.2, 0.25) is 0 Å². The Kier molecular flexibility index (Phi) is 3.67. The molecular weight excluding hydrogens is 340 g/mol. The minimum atomic E-state index is -0.130. The SMILES string of the molecule is Cn1c(CCNC(=O)c2cccn3c(C4CC4)nnc23)nc2ccccc21. The first-order valence-corrected chi connectivity index (χ1v) is 9.24. The van der Waals surface area contributed by atoms with Crippen LogP contribution in [0.3, 0.4) is 0 Å². The first-order chi connectivity index (χ1) is 13.2. The molecule has 0 bridgehead atoms. The maximum atomic E-state index is 12.7. The summed E-state index contributed by atoms with van der Waals surface area (Å²) in [5.41, 5.74) is 3.25. The minimum Gasteiger partial charge on any atom is -0.351 e. The van der Waals surface area contributed by atoms with Gasteiger partial charge in [-0.2, -0.15) is 0 Å². The van der Waals surface area contributed by atoms with Crippen molar-refractivity contribution < 1.29 is 4.79 Å². The second-order valence-electron chi connectivity index (χ2n) is 7.03. The molecule has 3 heterocycles. The molecule has 4 aromatic rings. The van der Waals surface area contributed by atoms with Gasteiger partial charge < -0.3 is 9.88 Å². The molecule has 1 aromatic carbocycles. The van der Waals surface area contributed by atoms with Crippen molar-refractivity contribution in [3.63, 3.8) is 0 Å². The van der Waals surface area contributed by atoms with E-state index in [1.165, 1.54) is 0 Å². The van der Waals surface area contributed by atoms with Crippen LogP contribution in [0.15, 0.2) is 42.6 Å². The van der Waals surface area contributed by atoms with Crippen LogP contribution >= 0.6 is 0 Å². The van der Waals surface area contributed by atoms with Gasteiger partial charge in [0, 0.05) is 32.1 Å². The third kappa shape index (κ3) is 2.75. The largest absolute Gasteiger partial charge is 0.351 e. The van der Waals surface area contributed by atoms with Crippen molar-refractivity contribution in [1.82, 2.24) is 29.5 Å². The molecule has 27 heavy (non-hydrogen) atoms. The van der Waals surface area contributed by atoms with Gasteiger partial charge in [0.1, 0.15) is 11.6 Å². The standard InChI is InChI=1S/C20H20N6O/c1-25-16-7-3-2-6-15(16)22-17(25)10-11-21-20(27)14-5-4-12-26-18(13-8-9-13)23-24-19(14)26/h2-7,12-13H,8-11H2,1H3,(H,21,27). The molecule has 7 heteroatoms. The Bertz CT molecular complexity index is 1150. The Morgan fingerprint density at radius 2 is 2.04 bits per heavy atom. The predicted molar refractivity (Wildman–Crippen MR) is 102 cm³/mol. The highest BCUT2D eigenvalue weighted by Gasteiger charge is 2.29. The van der Waals surface area contributed by atoms with E-state index in [1.54, 1.807) is 6.07 Å². The lowest BCUT2D eigenvalue weighted by atomic mass is 10.2. The van der Waals surface area contributed by atoms with Crippen LogP contribution in [0.5, 0.6) is 0 Å². The quantitative estimate of drug-likeness (QED) is 0.593. The van der Waals surface area contributed by atoms with Crippen molar-refractivity contribution in [1.29, 1.82) is 0 Å². The van der Waals surface area contributed by atoms with E-state index in [2.05, 4.69) is 25.1 Å². The number of para-hydroxylation sites is 2. The molecule has 1 saturated carbocycles. The minimum absolute atomic E-state index is 0.130. The van der Waals surface area contributed by atoms with Crippen molar-refractivity contribution in [3.05, 3.63) is 59.8 Å². The highest BCUT2D eigenvalue weighted by atomic mass is 16.1. The van der Waals surface area contributed by atoms with Crippen LogP contribution in [0.2, 0.25) is 0 Å². The fraction of sp³-hybridized carbons (Fsp3) is 0.300. The van der Waals surface area contributed by atoms with E-state index in [0.717, 1.165) is 35.5 Å². The zero-order chi connectivity index (χ0) is 18.4. The van der Waals surface area contributed by atoms with Gasteiger partial charge in [-0.15, -0.1) is 10.2 Å². The number of pyridine rings is 1. The first kappa shape index (κ1) is 16.0. The number of nitrogens with zero attached hydrogens (tertiary/aromatic N) is 5. The molecular formula is C20H20N6O. The molecule has 136 valence electrons. The number of benzene rings is 1. The summed E-state index contributed by atoms with van der Waals surface area (Å²) in [6.45, 7) is 0.515. The molecule has 3 aromatic heterocycles. The lowest BCUT2D eigenvalue weighted by Gasteiger charge is -2.07. The van der Waals surface area contributed by atoms with Crippen LogP contribution in [-0.4, -0.2) is 36.6 Å². The third-order valence-corrected chi connectivity index (χ3v) is 5.16. The van der Waals surface area contributed by atoms with Gasteiger partial charge in [-0.25, -0.2) is 4.98 Å². The molecule has 1 aliphatic rings. The van der Waals surface area contributed by atoms with E-state index in [9.17, 15) is 4.79 Å². The lowest BCUT2D eigenvalue weighted by Crippen LogP contribution is -2.27. The number of hydrogen-bond donors (Lipinski definition) is 1. The summed E-state index contributed by atoms with van der Waals surface area (Å²) in [6.07, 6.45) is 4.89. The molecule has 7 nitrogen and oxygen atoms in total. The molecule has 0 spiro atoms. The summed E-state index contributed by atoms with van der Waals surface area (Å²) in [5.74, 6) is 2.26. The molecule has 0 aliphatic heterocycles. The maximum absolute atomic E-state index is 12.7. The van der Waals surface area contributed by atoms with Gasteiger partial charge in [0.25, 0.3) is 5.91 Å². The predicted octanol–water partition coefficient (Wildman–Crippen LogP) is 2.47. The van der Waals surface area contributed by atoms with Crippen LogP contribution in [0.25, 0.3) is 16.7 Å². The smallest absolute Gasteiger partial charge is 0.255 e. The summed E-state index contributed by atoms with van der Waals surface area (Å²) in [6, 6.07) is 11.7. The van der Waals surface area contributed by atoms with Gasteiger partial charge in [-0.05, 0) is 37.1 Å². The Morgan fingerprint density at radius 3 is 2.85 bits per heavy atom. The number of hydrogen-bond acceptors (Lipinski definition) is 4. The molecule has 1 fully saturated rings. The monoisotopic (exact) mass is 360 g/mol. The number of carbonyl (C=O) groups excluding carboxylic acids is 1. The number of carbonyl (C=O) groups is 1. The number of fused-ring (bicyclic) bond motifs is 2. The Hall–Kier alpha value is -3.22. The second-order valence-corrected chi connectivity index (χ2v) is 7.03. The highest BCUT2D eigenvalue weighted by molar-refractivity contribution is 5.99. The number of nitrogens with one attached hydrogen (secondary N) is 1. The van der Waals surface area contributed by atoms with E-state index in [-0.39, 0.29) is 5.91 Å². The van der Waals surface area contributed by atoms with Gasteiger partial charge in [0.05, 0.1) is 16.6 Å². The zero-order valence-electron chi connectivity index (χ0n) is 15.1. The molecule has 0 unspecified atom stereocenters. The summed E-state index contributed by atoms with van der Waals surface area (Å²) in [7, 11) is 2.00. The molecule has 0 radical (unpaired) electrons. The molecule has 0 saturated heterocycles. The summed E-state index contributed by atoms with van der Waals surface area (Å²) in [4.78, 5) is 17.3. The Labute approximate surface area is 156 Å². The van der Waals surface area contributed by atoms with Crippen molar-refractivity contribution in [3.8, 4) is 0 Å². The summed E-state index contributed by atoms with van der Waals surface area (Å²) >= 11 is 0. The van der Waals surface area contributed by atoms with E-state index in [0.29, 0.717) is 30.1 Å². The topological polar surface area (TPSA) is 77.1 Å². The highest BCUT2D eigenvalue weighted by Crippen LogP contribution is 2.39. The average Bonchev–Trinajstić information content (AvgIpc) is 3.36. The van der Waals surface area contributed by atoms with Crippen LogP contribution in [0.4, 0.5) is 0 Å². The molecule has 0 atom stereocenters. The van der Waals surface area contributed by atoms with Crippen LogP contribution in [0, 0.1) is 0 Å². The lowest BCUT2D eigenvalue weighted by molar-refractivity contribution is 0.0955. The van der Waals surface area contributed by atoms with E-state index in [4.69, 9.17) is 0 Å². The van der Waals surface area contributed by atoms with Crippen molar-refractivity contribution >= 4 is 22.6 Å². The maximum Gasteiger partial charge on any atom is 0.255 e. The summed E-state index contributed by atoms with van der Waals surface area (Å²) in [5, 5.41) is 11.5. The first-order valence-electron chi connectivity index (χ1n) is 9.24. The molecule has 1 aliphatic carbocycles. The van der Waals surface area contributed by atoms with Gasteiger partial charge in [-0.3, -0.25) is 9.20 Å². The number of aryl methyl sites for hydroxylation is 1. The average molecular weight is 360 g/mol. The van der Waals surface area contributed by atoms with Gasteiger partial charge in [0.15, 0.2) is 5.65 Å². The van der Waals surface area contributed by atoms with E-state index >= 15 is 0 Å². The van der Waals surface area contributed by atoms with Crippen LogP contribution < -0.4 is 5.32 Å². The molecule has 1 amide bonds. The van der Waals surface area contributed by atoms with Gasteiger partial charge in [-0.1, -0.05) is 12.1 Å². The van der Waals surface area contributed by atoms with Crippen molar-refractivity contribution in [2.75, 3.05) is 6.54 Å². The normalized spacial score (nSPS) is 14.1. The van der Waals surface area contributed by atoms with Crippen molar-refractivity contribution in [2.24, 2.45) is 7.05 Å². The Balaban J connectivity index is 1.32. The van der Waals surface area contributed by atoms with Crippen molar-refractivity contribution in [2.45, 2.75) is 25.2 Å². The summed E-state index contributed by atoms with van der Waals surface area (Å²) < 4.78 is 4.01. The number of amides is 1. The van der Waals surface area contributed by atoms with E-state index < -0.39 is 0 Å².